The van der Waals surface area contributed by atoms with Crippen molar-refractivity contribution < 1.29 is 0 Å². The van der Waals surface area contributed by atoms with Crippen molar-refractivity contribution in [3.05, 3.63) is 77.2 Å². The molecule has 4 rings (SSSR count). The first kappa shape index (κ1) is 18.0. The number of aromatic nitrogens is 3. The molecule has 0 unspecified atom stereocenters. The van der Waals surface area contributed by atoms with Gasteiger partial charge >= 0.3 is 0 Å². The summed E-state index contributed by atoms with van der Waals surface area (Å²) in [5.74, 6) is 2.37. The summed E-state index contributed by atoms with van der Waals surface area (Å²) in [5, 5.41) is 8.09. The molecule has 4 aromatic rings. The van der Waals surface area contributed by atoms with Crippen molar-refractivity contribution in [1.29, 1.82) is 0 Å². The average molecular weight is 371 g/mol. The van der Waals surface area contributed by atoms with Crippen LogP contribution in [-0.4, -0.2) is 21.5 Å². The van der Waals surface area contributed by atoms with Crippen LogP contribution in [0.25, 0.3) is 10.9 Å². The number of H-pyrrole nitrogens is 1. The average Bonchev–Trinajstić information content (AvgIpc) is 3.08. The van der Waals surface area contributed by atoms with Crippen molar-refractivity contribution in [3.63, 3.8) is 0 Å². The number of benzene rings is 2. The summed E-state index contributed by atoms with van der Waals surface area (Å²) in [5.41, 5.74) is 6.06. The van der Waals surface area contributed by atoms with Crippen molar-refractivity contribution in [2.45, 2.75) is 27.2 Å². The summed E-state index contributed by atoms with van der Waals surface area (Å²) in [7, 11) is 0. The number of hydrogen-bond acceptors (Lipinski definition) is 4. The summed E-state index contributed by atoms with van der Waals surface area (Å²) in [6, 6.07) is 16.7. The van der Waals surface area contributed by atoms with Gasteiger partial charge in [-0.3, -0.25) is 0 Å². The second-order valence-corrected chi connectivity index (χ2v) is 7.15. The highest BCUT2D eigenvalue weighted by molar-refractivity contribution is 5.83. The van der Waals surface area contributed by atoms with Crippen LogP contribution in [0.3, 0.4) is 0 Å². The third-order valence-corrected chi connectivity index (χ3v) is 4.99. The van der Waals surface area contributed by atoms with Gasteiger partial charge in [-0.05, 0) is 62.1 Å². The first-order valence-electron chi connectivity index (χ1n) is 9.57. The van der Waals surface area contributed by atoms with Gasteiger partial charge < -0.3 is 15.6 Å². The lowest BCUT2D eigenvalue weighted by molar-refractivity contribution is 0.988. The van der Waals surface area contributed by atoms with Crippen molar-refractivity contribution in [2.75, 3.05) is 17.2 Å². The van der Waals surface area contributed by atoms with Crippen molar-refractivity contribution in [2.24, 2.45) is 0 Å². The zero-order valence-corrected chi connectivity index (χ0v) is 16.5. The molecule has 0 aliphatic carbocycles. The number of fused-ring (bicyclic) bond motifs is 1. The molecule has 0 aliphatic heterocycles. The molecule has 0 spiro atoms. The van der Waals surface area contributed by atoms with Crippen molar-refractivity contribution in [1.82, 2.24) is 15.0 Å². The number of rotatable bonds is 6. The number of para-hydroxylation sites is 1. The summed E-state index contributed by atoms with van der Waals surface area (Å²) in [6.07, 6.45) is 3.01. The van der Waals surface area contributed by atoms with E-state index < -0.39 is 0 Å². The first-order chi connectivity index (χ1) is 13.6. The van der Waals surface area contributed by atoms with Gasteiger partial charge in [0.05, 0.1) is 0 Å². The topological polar surface area (TPSA) is 65.6 Å². The Balaban J connectivity index is 1.44. The number of nitrogens with one attached hydrogen (secondary N) is 3. The van der Waals surface area contributed by atoms with Crippen LogP contribution in [0.2, 0.25) is 0 Å². The largest absolute Gasteiger partial charge is 0.370 e. The maximum atomic E-state index is 4.52. The fraction of sp³-hybridized carbons (Fsp3) is 0.217. The van der Waals surface area contributed by atoms with E-state index in [2.05, 4.69) is 88.1 Å². The Kier molecular flexibility index (Phi) is 4.98. The molecule has 0 amide bonds. The molecular formula is C23H25N5. The van der Waals surface area contributed by atoms with Gasteiger partial charge in [-0.25, -0.2) is 9.97 Å². The Bertz CT molecular complexity index is 1110. The van der Waals surface area contributed by atoms with E-state index in [-0.39, 0.29) is 0 Å². The molecule has 28 heavy (non-hydrogen) atoms. The number of hydrogen-bond donors (Lipinski definition) is 3. The van der Waals surface area contributed by atoms with Crippen LogP contribution in [0.1, 0.15) is 22.5 Å². The van der Waals surface area contributed by atoms with E-state index in [1.165, 1.54) is 27.6 Å². The number of aryl methyl sites for hydroxylation is 3. The highest BCUT2D eigenvalue weighted by Gasteiger charge is 2.05. The van der Waals surface area contributed by atoms with Crippen LogP contribution in [-0.2, 0) is 6.42 Å². The fourth-order valence-electron chi connectivity index (χ4n) is 3.35. The van der Waals surface area contributed by atoms with Crippen LogP contribution in [0, 0.1) is 20.8 Å². The van der Waals surface area contributed by atoms with Gasteiger partial charge in [0.1, 0.15) is 17.5 Å². The molecule has 3 N–H and O–H groups in total. The normalized spacial score (nSPS) is 11.0. The zero-order valence-electron chi connectivity index (χ0n) is 16.5. The summed E-state index contributed by atoms with van der Waals surface area (Å²) in [4.78, 5) is 12.4. The zero-order chi connectivity index (χ0) is 19.5. The van der Waals surface area contributed by atoms with Gasteiger partial charge in [-0.15, -0.1) is 0 Å². The van der Waals surface area contributed by atoms with E-state index >= 15 is 0 Å². The number of anilines is 3. The van der Waals surface area contributed by atoms with Crippen LogP contribution in [0.15, 0.2) is 54.7 Å². The molecule has 0 aliphatic rings. The van der Waals surface area contributed by atoms with Gasteiger partial charge in [0.2, 0.25) is 0 Å². The van der Waals surface area contributed by atoms with Gasteiger partial charge in [0.15, 0.2) is 0 Å². The van der Waals surface area contributed by atoms with Gasteiger partial charge in [0, 0.05) is 35.4 Å². The molecular weight excluding hydrogens is 346 g/mol. The van der Waals surface area contributed by atoms with Gasteiger partial charge in [0.25, 0.3) is 0 Å². The number of nitrogens with zero attached hydrogens (tertiary/aromatic N) is 2. The maximum Gasteiger partial charge on any atom is 0.136 e. The lowest BCUT2D eigenvalue weighted by Crippen LogP contribution is -2.08. The van der Waals surface area contributed by atoms with Crippen LogP contribution in [0.4, 0.5) is 17.3 Å². The molecule has 0 saturated carbocycles. The van der Waals surface area contributed by atoms with Crippen LogP contribution < -0.4 is 10.6 Å². The highest BCUT2D eigenvalue weighted by Crippen LogP contribution is 2.21. The van der Waals surface area contributed by atoms with Crippen molar-refractivity contribution in [3.8, 4) is 0 Å². The van der Waals surface area contributed by atoms with E-state index in [1.807, 2.05) is 13.0 Å². The Morgan fingerprint density at radius 2 is 1.71 bits per heavy atom. The lowest BCUT2D eigenvalue weighted by atomic mass is 10.1. The highest BCUT2D eigenvalue weighted by atomic mass is 15.1. The monoisotopic (exact) mass is 371 g/mol. The molecule has 2 aromatic carbocycles. The molecule has 0 bridgehead atoms. The minimum absolute atomic E-state index is 0.739. The smallest absolute Gasteiger partial charge is 0.136 e. The quantitative estimate of drug-likeness (QED) is 0.431. The van der Waals surface area contributed by atoms with Crippen LogP contribution in [0.5, 0.6) is 0 Å². The summed E-state index contributed by atoms with van der Waals surface area (Å²) >= 11 is 0. The molecule has 5 nitrogen and oxygen atoms in total. The number of aromatic amines is 1. The SMILES string of the molecule is Cc1nc(NCCc2c[nH]c3ccccc23)cc(Nc2ccc(C)c(C)c2)n1. The van der Waals surface area contributed by atoms with Gasteiger partial charge in [-0.2, -0.15) is 0 Å². The molecule has 0 saturated heterocycles. The molecule has 142 valence electrons. The Hall–Kier alpha value is -3.34. The van der Waals surface area contributed by atoms with E-state index in [0.717, 1.165) is 36.1 Å². The minimum atomic E-state index is 0.739. The standard InChI is InChI=1S/C23H25N5/c1-15-8-9-19(12-16(15)2)28-23-13-22(26-17(3)27-23)24-11-10-18-14-25-21-7-5-4-6-20(18)21/h4-9,12-14,25H,10-11H2,1-3H3,(H2,24,26,27,28). The van der Waals surface area contributed by atoms with E-state index in [9.17, 15) is 0 Å². The first-order valence-corrected chi connectivity index (χ1v) is 9.57. The summed E-state index contributed by atoms with van der Waals surface area (Å²) in [6.45, 7) is 6.95. The fourth-order valence-corrected chi connectivity index (χ4v) is 3.35. The minimum Gasteiger partial charge on any atom is -0.370 e. The second-order valence-electron chi connectivity index (χ2n) is 7.15. The second kappa shape index (κ2) is 7.72. The summed E-state index contributed by atoms with van der Waals surface area (Å²) < 4.78 is 0. The Labute approximate surface area is 165 Å². The predicted octanol–water partition coefficient (Wildman–Crippen LogP) is 5.28. The molecule has 5 heteroatoms. The van der Waals surface area contributed by atoms with E-state index in [0.29, 0.717) is 0 Å². The maximum absolute atomic E-state index is 4.52. The molecule has 0 radical (unpaired) electrons. The molecule has 0 atom stereocenters. The van der Waals surface area contributed by atoms with E-state index in [1.54, 1.807) is 0 Å². The lowest BCUT2D eigenvalue weighted by Gasteiger charge is -2.11. The third kappa shape index (κ3) is 3.98. The van der Waals surface area contributed by atoms with E-state index in [4.69, 9.17) is 0 Å². The van der Waals surface area contributed by atoms with Crippen LogP contribution >= 0.6 is 0 Å². The Morgan fingerprint density at radius 3 is 2.57 bits per heavy atom. The van der Waals surface area contributed by atoms with Gasteiger partial charge in [-0.1, -0.05) is 24.3 Å². The Morgan fingerprint density at radius 1 is 0.893 bits per heavy atom. The molecule has 2 aromatic heterocycles. The predicted molar refractivity (Wildman–Crippen MR) is 116 cm³/mol. The molecule has 0 fully saturated rings. The molecule has 2 heterocycles. The third-order valence-electron chi connectivity index (χ3n) is 4.99. The van der Waals surface area contributed by atoms with Crippen molar-refractivity contribution >= 4 is 28.2 Å².